The molecule has 0 aromatic carbocycles. The van der Waals surface area contributed by atoms with Gasteiger partial charge in [0.05, 0.1) is 5.56 Å². The summed E-state index contributed by atoms with van der Waals surface area (Å²) in [7, 11) is 1.72. The van der Waals surface area contributed by atoms with Crippen LogP contribution in [0.5, 0.6) is 0 Å². The molecule has 0 saturated carbocycles. The van der Waals surface area contributed by atoms with Gasteiger partial charge in [0.1, 0.15) is 5.69 Å². The van der Waals surface area contributed by atoms with Crippen molar-refractivity contribution < 1.29 is 9.32 Å². The van der Waals surface area contributed by atoms with Gasteiger partial charge in [0.25, 0.3) is 11.8 Å². The molecular formula is C14H14N6O2. The Hall–Kier alpha value is -3.03. The molecule has 1 N–H and O–H groups in total. The van der Waals surface area contributed by atoms with Crippen LogP contribution in [-0.2, 0) is 13.5 Å². The number of carbonyl (C=O) groups is 1. The fraction of sp³-hybridized carbons (Fsp3) is 0.214. The van der Waals surface area contributed by atoms with Gasteiger partial charge in [-0.1, -0.05) is 5.16 Å². The molecule has 0 spiro atoms. The zero-order valence-corrected chi connectivity index (χ0v) is 11.9. The highest BCUT2D eigenvalue weighted by Gasteiger charge is 2.11. The molecule has 3 aromatic rings. The lowest BCUT2D eigenvalue weighted by Crippen LogP contribution is -2.27. The van der Waals surface area contributed by atoms with Gasteiger partial charge in [0, 0.05) is 38.6 Å². The van der Waals surface area contributed by atoms with E-state index < -0.39 is 0 Å². The fourth-order valence-electron chi connectivity index (χ4n) is 1.94. The van der Waals surface area contributed by atoms with Crippen LogP contribution in [0.4, 0.5) is 0 Å². The maximum atomic E-state index is 11.9. The van der Waals surface area contributed by atoms with Gasteiger partial charge in [-0.05, 0) is 18.2 Å². The van der Waals surface area contributed by atoms with Crippen molar-refractivity contribution in [2.45, 2.75) is 6.42 Å². The minimum Gasteiger partial charge on any atom is -0.350 e. The molecule has 0 aliphatic rings. The Balaban J connectivity index is 1.56. The van der Waals surface area contributed by atoms with Crippen molar-refractivity contribution in [1.82, 2.24) is 30.2 Å². The average molecular weight is 298 g/mol. The molecule has 0 atom stereocenters. The van der Waals surface area contributed by atoms with Gasteiger partial charge < -0.3 is 9.84 Å². The van der Waals surface area contributed by atoms with Gasteiger partial charge in [-0.25, -0.2) is 0 Å². The summed E-state index contributed by atoms with van der Waals surface area (Å²) in [5.41, 5.74) is 1.27. The Morgan fingerprint density at radius 3 is 3.00 bits per heavy atom. The second-order valence-corrected chi connectivity index (χ2v) is 4.60. The molecule has 0 fully saturated rings. The summed E-state index contributed by atoms with van der Waals surface area (Å²) in [6.45, 7) is 0.413. The Morgan fingerprint density at radius 1 is 1.36 bits per heavy atom. The summed E-state index contributed by atoms with van der Waals surface area (Å²) < 4.78 is 6.69. The van der Waals surface area contributed by atoms with E-state index in [1.54, 1.807) is 37.8 Å². The van der Waals surface area contributed by atoms with Crippen molar-refractivity contribution in [3.05, 3.63) is 48.3 Å². The number of rotatable bonds is 5. The lowest BCUT2D eigenvalue weighted by atomic mass is 10.3. The molecule has 8 heteroatoms. The highest BCUT2D eigenvalue weighted by Crippen LogP contribution is 2.14. The Kier molecular flexibility index (Phi) is 3.90. The van der Waals surface area contributed by atoms with Gasteiger partial charge in [-0.2, -0.15) is 10.1 Å². The third kappa shape index (κ3) is 3.00. The molecule has 3 aromatic heterocycles. The van der Waals surface area contributed by atoms with E-state index in [2.05, 4.69) is 25.5 Å². The van der Waals surface area contributed by atoms with Crippen LogP contribution in [0, 0.1) is 0 Å². The van der Waals surface area contributed by atoms with Crippen LogP contribution in [0.1, 0.15) is 16.3 Å². The Labute approximate surface area is 126 Å². The first-order valence-electron chi connectivity index (χ1n) is 6.73. The number of nitrogens with zero attached hydrogens (tertiary/aromatic N) is 5. The van der Waals surface area contributed by atoms with E-state index in [4.69, 9.17) is 4.52 Å². The smallest absolute Gasteiger partial charge is 0.269 e. The molecule has 0 unspecified atom stereocenters. The highest BCUT2D eigenvalue weighted by molar-refractivity contribution is 5.92. The van der Waals surface area contributed by atoms with Crippen LogP contribution in [0.2, 0.25) is 0 Å². The zero-order chi connectivity index (χ0) is 15.4. The highest BCUT2D eigenvalue weighted by atomic mass is 16.5. The summed E-state index contributed by atoms with van der Waals surface area (Å²) in [6.07, 6.45) is 5.39. The van der Waals surface area contributed by atoms with Gasteiger partial charge >= 0.3 is 0 Å². The predicted molar refractivity (Wildman–Crippen MR) is 76.8 cm³/mol. The molecule has 22 heavy (non-hydrogen) atoms. The van der Waals surface area contributed by atoms with Crippen LogP contribution in [0.15, 0.2) is 41.3 Å². The second kappa shape index (κ2) is 6.17. The SMILES string of the molecule is Cn1nccc1C(=O)NCCc1noc(-c2cccnc2)n1. The molecule has 3 heterocycles. The van der Waals surface area contributed by atoms with Crippen LogP contribution in [0.25, 0.3) is 11.5 Å². The van der Waals surface area contributed by atoms with Crippen molar-refractivity contribution in [3.63, 3.8) is 0 Å². The summed E-state index contributed by atoms with van der Waals surface area (Å²) >= 11 is 0. The molecule has 8 nitrogen and oxygen atoms in total. The second-order valence-electron chi connectivity index (χ2n) is 4.60. The van der Waals surface area contributed by atoms with E-state index in [-0.39, 0.29) is 5.91 Å². The summed E-state index contributed by atoms with van der Waals surface area (Å²) in [5.74, 6) is 0.765. The minimum atomic E-state index is -0.184. The first-order chi connectivity index (χ1) is 10.7. The standard InChI is InChI=1S/C14H14N6O2/c1-20-11(4-8-17-20)13(21)16-7-5-12-18-14(22-19-12)10-3-2-6-15-9-10/h2-4,6,8-9H,5,7H2,1H3,(H,16,21). The molecule has 0 bridgehead atoms. The lowest BCUT2D eigenvalue weighted by Gasteiger charge is -2.03. The third-order valence-corrected chi connectivity index (χ3v) is 3.06. The van der Waals surface area contributed by atoms with E-state index in [0.29, 0.717) is 30.4 Å². The van der Waals surface area contributed by atoms with Crippen LogP contribution < -0.4 is 5.32 Å². The van der Waals surface area contributed by atoms with Gasteiger partial charge in [-0.15, -0.1) is 0 Å². The average Bonchev–Trinajstić information content (AvgIpc) is 3.17. The number of aromatic nitrogens is 5. The van der Waals surface area contributed by atoms with Crippen molar-refractivity contribution in [1.29, 1.82) is 0 Å². The van der Waals surface area contributed by atoms with Gasteiger partial charge in [0.15, 0.2) is 5.82 Å². The van der Waals surface area contributed by atoms with Crippen molar-refractivity contribution in [3.8, 4) is 11.5 Å². The fourth-order valence-corrected chi connectivity index (χ4v) is 1.94. The van der Waals surface area contributed by atoms with Gasteiger partial charge in [0.2, 0.25) is 0 Å². The van der Waals surface area contributed by atoms with E-state index in [0.717, 1.165) is 5.56 Å². The minimum absolute atomic E-state index is 0.184. The van der Waals surface area contributed by atoms with Crippen molar-refractivity contribution in [2.24, 2.45) is 7.05 Å². The zero-order valence-electron chi connectivity index (χ0n) is 11.9. The monoisotopic (exact) mass is 298 g/mol. The topological polar surface area (TPSA) is 98.7 Å². The first kappa shape index (κ1) is 13.9. The van der Waals surface area contributed by atoms with Crippen molar-refractivity contribution >= 4 is 5.91 Å². The molecule has 0 radical (unpaired) electrons. The maximum Gasteiger partial charge on any atom is 0.269 e. The number of aryl methyl sites for hydroxylation is 1. The van der Waals surface area contributed by atoms with E-state index in [9.17, 15) is 4.79 Å². The first-order valence-corrected chi connectivity index (χ1v) is 6.73. The normalized spacial score (nSPS) is 10.6. The number of hydrogen-bond acceptors (Lipinski definition) is 6. The molecule has 3 rings (SSSR count). The number of hydrogen-bond donors (Lipinski definition) is 1. The predicted octanol–water partition coefficient (Wildman–Crippen LogP) is 0.838. The van der Waals surface area contributed by atoms with E-state index in [1.165, 1.54) is 4.68 Å². The lowest BCUT2D eigenvalue weighted by molar-refractivity contribution is 0.0944. The molecule has 112 valence electrons. The van der Waals surface area contributed by atoms with Crippen LogP contribution in [-0.4, -0.2) is 37.4 Å². The Bertz CT molecular complexity index is 765. The van der Waals surface area contributed by atoms with Gasteiger partial charge in [-0.3, -0.25) is 14.5 Å². The summed E-state index contributed by atoms with van der Waals surface area (Å²) in [4.78, 5) is 20.2. The number of nitrogens with one attached hydrogen (secondary N) is 1. The molecule has 0 saturated heterocycles. The van der Waals surface area contributed by atoms with Crippen LogP contribution >= 0.6 is 0 Å². The molecule has 1 amide bonds. The third-order valence-electron chi connectivity index (χ3n) is 3.06. The molecule has 0 aliphatic heterocycles. The molecule has 0 aliphatic carbocycles. The van der Waals surface area contributed by atoms with Crippen LogP contribution in [0.3, 0.4) is 0 Å². The summed E-state index contributed by atoms with van der Waals surface area (Å²) in [5, 5.41) is 10.6. The largest absolute Gasteiger partial charge is 0.350 e. The Morgan fingerprint density at radius 2 is 2.27 bits per heavy atom. The maximum absolute atomic E-state index is 11.9. The van der Waals surface area contributed by atoms with E-state index in [1.807, 2.05) is 6.07 Å². The van der Waals surface area contributed by atoms with Crippen molar-refractivity contribution in [2.75, 3.05) is 6.54 Å². The molecular weight excluding hydrogens is 284 g/mol. The number of pyridine rings is 1. The summed E-state index contributed by atoms with van der Waals surface area (Å²) in [6, 6.07) is 5.30. The number of amides is 1. The quantitative estimate of drug-likeness (QED) is 0.749. The van der Waals surface area contributed by atoms with E-state index >= 15 is 0 Å². The number of carbonyl (C=O) groups excluding carboxylic acids is 1.